The summed E-state index contributed by atoms with van der Waals surface area (Å²) in [5, 5.41) is 3.10. The maximum atomic E-state index is 11.9. The van der Waals surface area contributed by atoms with E-state index in [1.165, 1.54) is 38.9 Å². The average Bonchev–Trinajstić information content (AvgIpc) is 2.40. The van der Waals surface area contributed by atoms with Crippen molar-refractivity contribution in [1.82, 2.24) is 5.32 Å². The van der Waals surface area contributed by atoms with Crippen molar-refractivity contribution in [2.24, 2.45) is 5.92 Å². The van der Waals surface area contributed by atoms with Gasteiger partial charge in [0.1, 0.15) is 0 Å². The number of rotatable bonds is 7. The monoisotopic (exact) mass is 241 g/mol. The molecule has 1 amide bonds. The number of amides is 1. The van der Waals surface area contributed by atoms with Crippen molar-refractivity contribution in [2.45, 2.75) is 52.4 Å². The first-order valence-electron chi connectivity index (χ1n) is 7.39. The molecule has 1 fully saturated rings. The maximum absolute atomic E-state index is 11.9. The standard InChI is InChI=1S/C14H28N2O/c1-3-16(4-2)12-8-11-15-14(17)13-9-6-5-7-10-13/h13H,3-12H2,1-2H3,(H,15,17)/p+1. The Morgan fingerprint density at radius 2 is 1.82 bits per heavy atom. The summed E-state index contributed by atoms with van der Waals surface area (Å²) in [6.07, 6.45) is 7.11. The summed E-state index contributed by atoms with van der Waals surface area (Å²) in [7, 11) is 0. The molecule has 17 heavy (non-hydrogen) atoms. The number of hydrogen-bond donors (Lipinski definition) is 2. The van der Waals surface area contributed by atoms with Crippen LogP contribution >= 0.6 is 0 Å². The molecule has 0 unspecified atom stereocenters. The van der Waals surface area contributed by atoms with E-state index in [-0.39, 0.29) is 0 Å². The molecule has 3 nitrogen and oxygen atoms in total. The predicted molar refractivity (Wildman–Crippen MR) is 71.1 cm³/mol. The second kappa shape index (κ2) is 8.51. The molecule has 0 aromatic carbocycles. The van der Waals surface area contributed by atoms with Gasteiger partial charge in [0, 0.05) is 18.9 Å². The van der Waals surface area contributed by atoms with Crippen molar-refractivity contribution >= 4 is 5.91 Å². The molecular weight excluding hydrogens is 212 g/mol. The molecule has 100 valence electrons. The van der Waals surface area contributed by atoms with Gasteiger partial charge in [0.15, 0.2) is 0 Å². The van der Waals surface area contributed by atoms with E-state index in [1.54, 1.807) is 4.90 Å². The largest absolute Gasteiger partial charge is 0.356 e. The molecule has 0 aliphatic heterocycles. The Bertz CT molecular complexity index is 208. The molecule has 0 saturated heterocycles. The molecule has 1 saturated carbocycles. The van der Waals surface area contributed by atoms with Crippen molar-refractivity contribution in [3.05, 3.63) is 0 Å². The molecule has 0 aromatic rings. The first-order chi connectivity index (χ1) is 8.27. The summed E-state index contributed by atoms with van der Waals surface area (Å²) in [6.45, 7) is 8.86. The minimum absolute atomic E-state index is 0.305. The Balaban J connectivity index is 2.07. The van der Waals surface area contributed by atoms with Gasteiger partial charge in [-0.2, -0.15) is 0 Å². The molecule has 1 aliphatic carbocycles. The lowest BCUT2D eigenvalue weighted by Crippen LogP contribution is -3.11. The summed E-state index contributed by atoms with van der Waals surface area (Å²) in [5.41, 5.74) is 0. The first-order valence-corrected chi connectivity index (χ1v) is 7.39. The molecule has 0 aromatic heterocycles. The highest BCUT2D eigenvalue weighted by Gasteiger charge is 2.20. The lowest BCUT2D eigenvalue weighted by Gasteiger charge is -2.21. The highest BCUT2D eigenvalue weighted by Crippen LogP contribution is 2.23. The van der Waals surface area contributed by atoms with E-state index in [2.05, 4.69) is 19.2 Å². The molecule has 0 radical (unpaired) electrons. The zero-order chi connectivity index (χ0) is 12.5. The van der Waals surface area contributed by atoms with Gasteiger partial charge in [-0.05, 0) is 26.7 Å². The predicted octanol–water partition coefficient (Wildman–Crippen LogP) is 0.998. The minimum atomic E-state index is 0.305. The number of carbonyl (C=O) groups is 1. The third-order valence-electron chi connectivity index (χ3n) is 3.98. The Morgan fingerprint density at radius 1 is 1.18 bits per heavy atom. The third kappa shape index (κ3) is 5.53. The number of carbonyl (C=O) groups excluding carboxylic acids is 1. The zero-order valence-corrected chi connectivity index (χ0v) is 11.6. The topological polar surface area (TPSA) is 33.5 Å². The lowest BCUT2D eigenvalue weighted by molar-refractivity contribution is -0.896. The van der Waals surface area contributed by atoms with Gasteiger partial charge in [-0.1, -0.05) is 19.3 Å². The molecular formula is C14H29N2O+. The Labute approximate surface area is 106 Å². The van der Waals surface area contributed by atoms with Crippen LogP contribution in [0.2, 0.25) is 0 Å². The van der Waals surface area contributed by atoms with Crippen LogP contribution in [0.4, 0.5) is 0 Å². The van der Waals surface area contributed by atoms with Crippen LogP contribution in [0.5, 0.6) is 0 Å². The fraction of sp³-hybridized carbons (Fsp3) is 0.929. The van der Waals surface area contributed by atoms with Gasteiger partial charge < -0.3 is 10.2 Å². The van der Waals surface area contributed by atoms with Gasteiger partial charge in [-0.3, -0.25) is 4.79 Å². The van der Waals surface area contributed by atoms with E-state index >= 15 is 0 Å². The molecule has 0 spiro atoms. The van der Waals surface area contributed by atoms with E-state index in [9.17, 15) is 4.79 Å². The van der Waals surface area contributed by atoms with Crippen LogP contribution in [0.1, 0.15) is 52.4 Å². The van der Waals surface area contributed by atoms with Gasteiger partial charge in [0.05, 0.1) is 19.6 Å². The number of nitrogens with one attached hydrogen (secondary N) is 2. The van der Waals surface area contributed by atoms with Crippen LogP contribution in [0.3, 0.4) is 0 Å². The van der Waals surface area contributed by atoms with Crippen LogP contribution in [0.15, 0.2) is 0 Å². The smallest absolute Gasteiger partial charge is 0.223 e. The zero-order valence-electron chi connectivity index (χ0n) is 11.6. The molecule has 3 heteroatoms. The van der Waals surface area contributed by atoms with Crippen LogP contribution < -0.4 is 10.2 Å². The molecule has 0 bridgehead atoms. The van der Waals surface area contributed by atoms with Crippen molar-refractivity contribution in [3.8, 4) is 0 Å². The fourth-order valence-electron chi connectivity index (χ4n) is 2.66. The van der Waals surface area contributed by atoms with E-state index in [0.29, 0.717) is 11.8 Å². The Morgan fingerprint density at radius 3 is 2.41 bits per heavy atom. The van der Waals surface area contributed by atoms with E-state index < -0.39 is 0 Å². The van der Waals surface area contributed by atoms with Gasteiger partial charge in [0.2, 0.25) is 5.91 Å². The summed E-state index contributed by atoms with van der Waals surface area (Å²) >= 11 is 0. The second-order valence-corrected chi connectivity index (χ2v) is 5.19. The van der Waals surface area contributed by atoms with Crippen molar-refractivity contribution in [3.63, 3.8) is 0 Å². The minimum Gasteiger partial charge on any atom is -0.356 e. The Hall–Kier alpha value is -0.570. The van der Waals surface area contributed by atoms with Crippen LogP contribution in [0, 0.1) is 5.92 Å². The maximum Gasteiger partial charge on any atom is 0.223 e. The van der Waals surface area contributed by atoms with E-state index in [1.807, 2.05) is 0 Å². The molecule has 1 rings (SSSR count). The summed E-state index contributed by atoms with van der Waals surface area (Å²) in [6, 6.07) is 0. The average molecular weight is 241 g/mol. The molecule has 0 atom stereocenters. The van der Waals surface area contributed by atoms with Gasteiger partial charge in [0.25, 0.3) is 0 Å². The summed E-state index contributed by atoms with van der Waals surface area (Å²) in [4.78, 5) is 13.5. The normalized spacial score (nSPS) is 17.4. The van der Waals surface area contributed by atoms with E-state index in [0.717, 1.165) is 25.8 Å². The van der Waals surface area contributed by atoms with Crippen LogP contribution in [-0.2, 0) is 4.79 Å². The SMILES string of the molecule is CC[NH+](CC)CCCNC(=O)C1CCCCC1. The molecule has 2 N–H and O–H groups in total. The van der Waals surface area contributed by atoms with Crippen LogP contribution in [0.25, 0.3) is 0 Å². The molecule has 1 aliphatic rings. The number of hydrogen-bond acceptors (Lipinski definition) is 1. The first kappa shape index (κ1) is 14.5. The highest BCUT2D eigenvalue weighted by molar-refractivity contribution is 5.78. The van der Waals surface area contributed by atoms with Gasteiger partial charge >= 0.3 is 0 Å². The summed E-state index contributed by atoms with van der Waals surface area (Å²) in [5.74, 6) is 0.615. The number of quaternary nitrogens is 1. The second-order valence-electron chi connectivity index (χ2n) is 5.19. The summed E-state index contributed by atoms with van der Waals surface area (Å²) < 4.78 is 0. The Kier molecular flexibility index (Phi) is 7.25. The highest BCUT2D eigenvalue weighted by atomic mass is 16.1. The van der Waals surface area contributed by atoms with Crippen molar-refractivity contribution < 1.29 is 9.69 Å². The fourth-order valence-corrected chi connectivity index (χ4v) is 2.66. The van der Waals surface area contributed by atoms with Crippen molar-refractivity contribution in [1.29, 1.82) is 0 Å². The van der Waals surface area contributed by atoms with E-state index in [4.69, 9.17) is 0 Å². The lowest BCUT2D eigenvalue weighted by atomic mass is 9.89. The van der Waals surface area contributed by atoms with Gasteiger partial charge in [-0.25, -0.2) is 0 Å². The van der Waals surface area contributed by atoms with Crippen LogP contribution in [-0.4, -0.2) is 32.1 Å². The third-order valence-corrected chi connectivity index (χ3v) is 3.98. The quantitative estimate of drug-likeness (QED) is 0.641. The molecule has 0 heterocycles. The van der Waals surface area contributed by atoms with Crippen molar-refractivity contribution in [2.75, 3.05) is 26.2 Å². The van der Waals surface area contributed by atoms with Gasteiger partial charge in [-0.15, -0.1) is 0 Å².